The molecular weight excluding hydrogens is 358 g/mol. The number of hydrogen-bond donors (Lipinski definition) is 0. The Morgan fingerprint density at radius 3 is 2.52 bits per heavy atom. The smallest absolute Gasteiger partial charge is 0.376 e. The lowest BCUT2D eigenvalue weighted by atomic mass is 10.3. The topological polar surface area (TPSA) is 44.8 Å². The van der Waals surface area contributed by atoms with Crippen molar-refractivity contribution in [3.05, 3.63) is 70.9 Å². The van der Waals surface area contributed by atoms with Crippen LogP contribution in [-0.4, -0.2) is 13.3 Å². The molecule has 0 bridgehead atoms. The van der Waals surface area contributed by atoms with Gasteiger partial charge in [0, 0.05) is 11.7 Å². The van der Waals surface area contributed by atoms with Gasteiger partial charge in [-0.05, 0) is 30.3 Å². The molecule has 0 fully saturated rings. The van der Waals surface area contributed by atoms with Crippen LogP contribution in [0.3, 0.4) is 0 Å². The van der Waals surface area contributed by atoms with Gasteiger partial charge in [-0.15, -0.1) is 0 Å². The summed E-state index contributed by atoms with van der Waals surface area (Å²) < 4.78 is 28.3. The minimum Gasteiger partial charge on any atom is -0.458 e. The van der Waals surface area contributed by atoms with Gasteiger partial charge in [-0.1, -0.05) is 48.0 Å². The van der Waals surface area contributed by atoms with E-state index < -0.39 is 7.60 Å². The number of ether oxygens (including phenoxy) is 1. The van der Waals surface area contributed by atoms with E-state index in [1.165, 1.54) is 6.66 Å². The quantitative estimate of drug-likeness (QED) is 0.454. The normalized spacial score (nSPS) is 13.2. The third kappa shape index (κ3) is 5.92. The zero-order valence-corrected chi connectivity index (χ0v) is 14.8. The number of benzene rings is 2. The summed E-state index contributed by atoms with van der Waals surface area (Å²) in [5.41, 5.74) is 0. The van der Waals surface area contributed by atoms with E-state index in [1.807, 2.05) is 6.07 Å². The third-order valence-corrected chi connectivity index (χ3v) is 4.29. The highest BCUT2D eigenvalue weighted by atomic mass is 35.5. The number of rotatable bonds is 7. The summed E-state index contributed by atoms with van der Waals surface area (Å²) in [5.74, 6) is 1.10. The van der Waals surface area contributed by atoms with Crippen molar-refractivity contribution in [2.24, 2.45) is 0 Å². The van der Waals surface area contributed by atoms with E-state index >= 15 is 0 Å². The molecule has 122 valence electrons. The average Bonchev–Trinajstić information content (AvgIpc) is 2.49. The lowest BCUT2D eigenvalue weighted by molar-refractivity contribution is 0.251. The molecule has 7 heteroatoms. The standard InChI is InChI=1S/C16H15Cl2O4P/c1-12(21-16-9-8-13(17)10-15(16)18)11-20-23(2,19)22-14-6-4-3-5-7-14/h3-10H,1,11H2,2H3. The molecule has 0 radical (unpaired) electrons. The Kier molecular flexibility index (Phi) is 6.14. The fourth-order valence-electron chi connectivity index (χ4n) is 1.63. The second-order valence-corrected chi connectivity index (χ2v) is 7.49. The van der Waals surface area contributed by atoms with Crippen molar-refractivity contribution >= 4 is 30.8 Å². The van der Waals surface area contributed by atoms with Gasteiger partial charge in [-0.2, -0.15) is 0 Å². The predicted octanol–water partition coefficient (Wildman–Crippen LogP) is 5.80. The molecule has 0 aliphatic heterocycles. The van der Waals surface area contributed by atoms with E-state index in [1.54, 1.807) is 42.5 Å². The first-order valence-corrected chi connectivity index (χ1v) is 9.38. The molecule has 0 N–H and O–H groups in total. The van der Waals surface area contributed by atoms with Crippen molar-refractivity contribution in [2.75, 3.05) is 13.3 Å². The molecule has 1 unspecified atom stereocenters. The molecule has 0 aromatic heterocycles. The van der Waals surface area contributed by atoms with Gasteiger partial charge in [-0.3, -0.25) is 4.52 Å². The van der Waals surface area contributed by atoms with Gasteiger partial charge in [0.1, 0.15) is 23.9 Å². The molecule has 0 spiro atoms. The van der Waals surface area contributed by atoms with Gasteiger partial charge in [0.25, 0.3) is 0 Å². The molecule has 0 amide bonds. The average molecular weight is 373 g/mol. The van der Waals surface area contributed by atoms with Crippen molar-refractivity contribution in [3.63, 3.8) is 0 Å². The molecule has 1 atom stereocenters. The highest BCUT2D eigenvalue weighted by Crippen LogP contribution is 2.44. The molecule has 0 aliphatic carbocycles. The Morgan fingerprint density at radius 1 is 1.17 bits per heavy atom. The summed E-state index contributed by atoms with van der Waals surface area (Å²) in [6.07, 6.45) is 0. The minimum atomic E-state index is -3.29. The first kappa shape index (κ1) is 17.9. The summed E-state index contributed by atoms with van der Waals surface area (Å²) in [7, 11) is -3.29. The van der Waals surface area contributed by atoms with Crippen molar-refractivity contribution in [3.8, 4) is 11.5 Å². The monoisotopic (exact) mass is 372 g/mol. The second-order valence-electron chi connectivity index (χ2n) is 4.66. The maximum Gasteiger partial charge on any atom is 0.376 e. The molecule has 2 rings (SSSR count). The van der Waals surface area contributed by atoms with Crippen LogP contribution < -0.4 is 9.26 Å². The second kappa shape index (κ2) is 7.89. The van der Waals surface area contributed by atoms with Crippen LogP contribution in [-0.2, 0) is 9.09 Å². The van der Waals surface area contributed by atoms with Crippen molar-refractivity contribution in [2.45, 2.75) is 0 Å². The Labute approximate surface area is 145 Å². The SMILES string of the molecule is C=C(COP(C)(=O)Oc1ccccc1)Oc1ccc(Cl)cc1Cl. The molecule has 0 heterocycles. The Bertz CT molecular complexity index is 734. The lowest BCUT2D eigenvalue weighted by Crippen LogP contribution is -2.05. The molecular formula is C16H15Cl2O4P. The van der Waals surface area contributed by atoms with Crippen LogP contribution in [0.2, 0.25) is 10.0 Å². The van der Waals surface area contributed by atoms with Crippen LogP contribution in [0.4, 0.5) is 0 Å². The van der Waals surface area contributed by atoms with Crippen LogP contribution in [0.1, 0.15) is 0 Å². The fourth-order valence-corrected chi connectivity index (χ4v) is 3.01. The van der Waals surface area contributed by atoms with E-state index in [2.05, 4.69) is 6.58 Å². The lowest BCUT2D eigenvalue weighted by Gasteiger charge is -2.16. The highest BCUT2D eigenvalue weighted by Gasteiger charge is 2.19. The van der Waals surface area contributed by atoms with Crippen LogP contribution in [0.25, 0.3) is 0 Å². The highest BCUT2D eigenvalue weighted by molar-refractivity contribution is 7.53. The van der Waals surface area contributed by atoms with E-state index in [9.17, 15) is 4.57 Å². The molecule has 4 nitrogen and oxygen atoms in total. The van der Waals surface area contributed by atoms with Crippen molar-refractivity contribution in [1.82, 2.24) is 0 Å². The summed E-state index contributed by atoms with van der Waals surface area (Å²) in [5, 5.41) is 0.845. The maximum atomic E-state index is 12.3. The molecule has 0 saturated heterocycles. The zero-order valence-electron chi connectivity index (χ0n) is 12.4. The summed E-state index contributed by atoms with van der Waals surface area (Å²) in [6.45, 7) is 4.99. The molecule has 2 aromatic rings. The zero-order chi connectivity index (χ0) is 16.9. The van der Waals surface area contributed by atoms with Crippen LogP contribution in [0, 0.1) is 0 Å². The van der Waals surface area contributed by atoms with E-state index in [-0.39, 0.29) is 12.4 Å². The number of halogens is 2. The third-order valence-electron chi connectivity index (χ3n) is 2.62. The number of para-hydroxylation sites is 1. The van der Waals surface area contributed by atoms with Gasteiger partial charge in [0.15, 0.2) is 0 Å². The largest absolute Gasteiger partial charge is 0.458 e. The maximum absolute atomic E-state index is 12.3. The molecule has 2 aromatic carbocycles. The van der Waals surface area contributed by atoms with Gasteiger partial charge in [-0.25, -0.2) is 4.57 Å². The summed E-state index contributed by atoms with van der Waals surface area (Å²) >= 11 is 11.8. The van der Waals surface area contributed by atoms with E-state index in [4.69, 9.17) is 37.0 Å². The van der Waals surface area contributed by atoms with Gasteiger partial charge >= 0.3 is 7.60 Å². The summed E-state index contributed by atoms with van der Waals surface area (Å²) in [4.78, 5) is 0. The van der Waals surface area contributed by atoms with Crippen molar-refractivity contribution in [1.29, 1.82) is 0 Å². The van der Waals surface area contributed by atoms with Crippen molar-refractivity contribution < 1.29 is 18.3 Å². The molecule has 0 aliphatic rings. The van der Waals surface area contributed by atoms with E-state index in [0.29, 0.717) is 21.5 Å². The first-order chi connectivity index (χ1) is 10.9. The van der Waals surface area contributed by atoms with Crippen LogP contribution in [0.15, 0.2) is 60.9 Å². The predicted molar refractivity (Wildman–Crippen MR) is 92.8 cm³/mol. The Morgan fingerprint density at radius 2 is 1.87 bits per heavy atom. The fraction of sp³-hybridized carbons (Fsp3) is 0.125. The van der Waals surface area contributed by atoms with Gasteiger partial charge in [0.05, 0.1) is 5.02 Å². The van der Waals surface area contributed by atoms with Gasteiger partial charge < -0.3 is 9.26 Å². The number of hydrogen-bond acceptors (Lipinski definition) is 4. The van der Waals surface area contributed by atoms with Gasteiger partial charge in [0.2, 0.25) is 0 Å². The molecule has 23 heavy (non-hydrogen) atoms. The van der Waals surface area contributed by atoms with E-state index in [0.717, 1.165) is 0 Å². The summed E-state index contributed by atoms with van der Waals surface area (Å²) in [6, 6.07) is 13.6. The first-order valence-electron chi connectivity index (χ1n) is 6.63. The van der Waals surface area contributed by atoms with Crippen LogP contribution in [0.5, 0.6) is 11.5 Å². The minimum absolute atomic E-state index is 0.0977. The Balaban J connectivity index is 1.89. The Hall–Kier alpha value is -1.45. The molecule has 0 saturated carbocycles. The van der Waals surface area contributed by atoms with Crippen LogP contribution >= 0.6 is 30.8 Å².